The molecule has 0 aromatic heterocycles. The van der Waals surface area contributed by atoms with Gasteiger partial charge in [0.2, 0.25) is 0 Å². The first-order valence-corrected chi connectivity index (χ1v) is 9.46. The van der Waals surface area contributed by atoms with Crippen LogP contribution in [0.15, 0.2) is 72.8 Å². The molecule has 0 unspecified atom stereocenters. The molecular weight excluding hydrogens is 368 g/mol. The summed E-state index contributed by atoms with van der Waals surface area (Å²) in [7, 11) is 0. The normalized spacial score (nSPS) is 10.4. The van der Waals surface area contributed by atoms with Gasteiger partial charge in [-0.1, -0.05) is 37.6 Å². The van der Waals surface area contributed by atoms with Crippen LogP contribution in [0.5, 0.6) is 5.75 Å². The summed E-state index contributed by atoms with van der Waals surface area (Å²) in [5.41, 5.74) is 2.13. The number of ketones is 1. The molecule has 3 rings (SSSR count). The average Bonchev–Trinajstić information content (AvgIpc) is 2.74. The summed E-state index contributed by atoms with van der Waals surface area (Å²) in [5, 5.41) is 14.2. The molecule has 0 bridgehead atoms. The summed E-state index contributed by atoms with van der Waals surface area (Å²) >= 11 is 0. The van der Waals surface area contributed by atoms with E-state index in [9.17, 15) is 14.9 Å². The number of hydrogen-bond acceptors (Lipinski definition) is 5. The molecule has 6 heteroatoms. The fourth-order valence-corrected chi connectivity index (χ4v) is 2.83. The molecule has 0 spiro atoms. The van der Waals surface area contributed by atoms with Crippen LogP contribution in [0.2, 0.25) is 0 Å². The largest absolute Gasteiger partial charge is 0.494 e. The van der Waals surface area contributed by atoms with Crippen LogP contribution in [0.4, 0.5) is 17.1 Å². The minimum absolute atomic E-state index is 0.00691. The van der Waals surface area contributed by atoms with Crippen LogP contribution in [0, 0.1) is 10.1 Å². The highest BCUT2D eigenvalue weighted by Crippen LogP contribution is 2.27. The molecule has 29 heavy (non-hydrogen) atoms. The quantitative estimate of drug-likeness (QED) is 0.218. The Kier molecular flexibility index (Phi) is 6.58. The Labute approximate surface area is 169 Å². The van der Waals surface area contributed by atoms with Crippen LogP contribution in [-0.4, -0.2) is 17.3 Å². The lowest BCUT2D eigenvalue weighted by atomic mass is 10.0. The van der Waals surface area contributed by atoms with E-state index in [1.807, 2.05) is 6.07 Å². The first-order chi connectivity index (χ1) is 14.1. The Morgan fingerprint density at radius 2 is 1.76 bits per heavy atom. The molecular formula is C23H22N2O4. The van der Waals surface area contributed by atoms with Gasteiger partial charge in [0.25, 0.3) is 5.69 Å². The number of benzene rings is 3. The van der Waals surface area contributed by atoms with Gasteiger partial charge in [0.1, 0.15) is 11.4 Å². The number of ether oxygens (including phenoxy) is 1. The maximum atomic E-state index is 12.8. The predicted octanol–water partition coefficient (Wildman–Crippen LogP) is 5.75. The number of nitrogens with one attached hydrogen (secondary N) is 1. The Hall–Kier alpha value is -3.67. The number of nitrogens with zero attached hydrogens (tertiary/aromatic N) is 1. The van der Waals surface area contributed by atoms with Crippen molar-refractivity contribution in [3.05, 3.63) is 94.0 Å². The van der Waals surface area contributed by atoms with Gasteiger partial charge in [-0.2, -0.15) is 0 Å². The third-order valence-corrected chi connectivity index (χ3v) is 4.39. The number of carbonyl (C=O) groups excluding carboxylic acids is 1. The van der Waals surface area contributed by atoms with E-state index in [0.717, 1.165) is 12.8 Å². The predicted molar refractivity (Wildman–Crippen MR) is 113 cm³/mol. The minimum Gasteiger partial charge on any atom is -0.494 e. The van der Waals surface area contributed by atoms with E-state index < -0.39 is 4.92 Å². The van der Waals surface area contributed by atoms with Gasteiger partial charge < -0.3 is 10.1 Å². The zero-order valence-electron chi connectivity index (χ0n) is 16.1. The highest BCUT2D eigenvalue weighted by Gasteiger charge is 2.13. The average molecular weight is 390 g/mol. The lowest BCUT2D eigenvalue weighted by Crippen LogP contribution is -2.03. The number of unbranched alkanes of at least 4 members (excludes halogenated alkanes) is 1. The van der Waals surface area contributed by atoms with Gasteiger partial charge in [-0.15, -0.1) is 0 Å². The topological polar surface area (TPSA) is 81.5 Å². The molecule has 0 aliphatic carbocycles. The van der Waals surface area contributed by atoms with E-state index in [0.29, 0.717) is 34.9 Å². The molecule has 3 aromatic carbocycles. The van der Waals surface area contributed by atoms with Crippen molar-refractivity contribution in [2.45, 2.75) is 19.8 Å². The molecule has 0 fully saturated rings. The second kappa shape index (κ2) is 9.50. The SMILES string of the molecule is CCCCOc1cccc(C(=O)c2ccc(Nc3ccccc3[N+](=O)[O-])cc2)c1. The first-order valence-electron chi connectivity index (χ1n) is 9.46. The number of carbonyl (C=O) groups is 1. The van der Waals surface area contributed by atoms with Gasteiger partial charge in [0.15, 0.2) is 5.78 Å². The third kappa shape index (κ3) is 5.19. The number of anilines is 2. The molecule has 0 aliphatic heterocycles. The number of hydrogen-bond donors (Lipinski definition) is 1. The lowest BCUT2D eigenvalue weighted by molar-refractivity contribution is -0.383. The van der Waals surface area contributed by atoms with Crippen molar-refractivity contribution >= 4 is 22.8 Å². The summed E-state index contributed by atoms with van der Waals surface area (Å²) < 4.78 is 5.67. The fourth-order valence-electron chi connectivity index (χ4n) is 2.83. The molecule has 6 nitrogen and oxygen atoms in total. The Morgan fingerprint density at radius 1 is 1.00 bits per heavy atom. The molecule has 0 saturated carbocycles. The van der Waals surface area contributed by atoms with Crippen molar-refractivity contribution in [1.29, 1.82) is 0 Å². The lowest BCUT2D eigenvalue weighted by Gasteiger charge is -2.09. The highest BCUT2D eigenvalue weighted by atomic mass is 16.6. The standard InChI is InChI=1S/C23H22N2O4/c1-2-3-15-29-20-8-6-7-18(16-20)23(26)17-11-13-19(14-12-17)24-21-9-4-5-10-22(21)25(27)28/h4-14,16,24H,2-3,15H2,1H3. The number of nitro groups is 1. The molecule has 0 saturated heterocycles. The molecule has 0 atom stereocenters. The maximum absolute atomic E-state index is 12.8. The van der Waals surface area contributed by atoms with E-state index >= 15 is 0 Å². The van der Waals surface area contributed by atoms with Crippen LogP contribution < -0.4 is 10.1 Å². The summed E-state index contributed by atoms with van der Waals surface area (Å²) in [6.45, 7) is 2.72. The van der Waals surface area contributed by atoms with Gasteiger partial charge in [-0.05, 0) is 48.9 Å². The van der Waals surface area contributed by atoms with Gasteiger partial charge in [-0.3, -0.25) is 14.9 Å². The van der Waals surface area contributed by atoms with Crippen molar-refractivity contribution in [1.82, 2.24) is 0 Å². The number of nitro benzene ring substituents is 1. The van der Waals surface area contributed by atoms with Gasteiger partial charge in [-0.25, -0.2) is 0 Å². The Balaban J connectivity index is 1.73. The summed E-state index contributed by atoms with van der Waals surface area (Å²) in [6.07, 6.45) is 2.01. The van der Waals surface area contributed by atoms with Crippen molar-refractivity contribution in [2.24, 2.45) is 0 Å². The molecule has 148 valence electrons. The minimum atomic E-state index is -0.435. The van der Waals surface area contributed by atoms with Crippen LogP contribution in [0.25, 0.3) is 0 Å². The Bertz CT molecular complexity index is 1000. The van der Waals surface area contributed by atoms with E-state index in [1.165, 1.54) is 6.07 Å². The van der Waals surface area contributed by atoms with E-state index in [-0.39, 0.29) is 11.5 Å². The second-order valence-corrected chi connectivity index (χ2v) is 6.54. The zero-order valence-corrected chi connectivity index (χ0v) is 16.1. The van der Waals surface area contributed by atoms with Crippen LogP contribution in [0.3, 0.4) is 0 Å². The van der Waals surface area contributed by atoms with Gasteiger partial charge >= 0.3 is 0 Å². The third-order valence-electron chi connectivity index (χ3n) is 4.39. The van der Waals surface area contributed by atoms with Crippen molar-refractivity contribution in [2.75, 3.05) is 11.9 Å². The molecule has 3 aromatic rings. The summed E-state index contributed by atoms with van der Waals surface area (Å²) in [5.74, 6) is 0.571. The van der Waals surface area contributed by atoms with Crippen molar-refractivity contribution < 1.29 is 14.5 Å². The maximum Gasteiger partial charge on any atom is 0.292 e. The summed E-state index contributed by atoms with van der Waals surface area (Å²) in [6, 6.07) is 20.4. The molecule has 0 amide bonds. The van der Waals surface area contributed by atoms with Crippen LogP contribution >= 0.6 is 0 Å². The molecule has 1 N–H and O–H groups in total. The van der Waals surface area contributed by atoms with E-state index in [1.54, 1.807) is 60.7 Å². The first kappa shape index (κ1) is 20.1. The number of para-hydroxylation sites is 2. The number of rotatable bonds is 9. The van der Waals surface area contributed by atoms with Crippen molar-refractivity contribution in [3.8, 4) is 5.75 Å². The van der Waals surface area contributed by atoms with E-state index in [4.69, 9.17) is 4.74 Å². The second-order valence-electron chi connectivity index (χ2n) is 6.54. The van der Waals surface area contributed by atoms with Crippen LogP contribution in [0.1, 0.15) is 35.7 Å². The Morgan fingerprint density at radius 3 is 2.48 bits per heavy atom. The summed E-state index contributed by atoms with van der Waals surface area (Å²) in [4.78, 5) is 23.5. The van der Waals surface area contributed by atoms with Crippen LogP contribution in [-0.2, 0) is 0 Å². The van der Waals surface area contributed by atoms with Crippen molar-refractivity contribution in [3.63, 3.8) is 0 Å². The van der Waals surface area contributed by atoms with Gasteiger partial charge in [0.05, 0.1) is 11.5 Å². The fraction of sp³-hybridized carbons (Fsp3) is 0.174. The molecule has 0 heterocycles. The monoisotopic (exact) mass is 390 g/mol. The van der Waals surface area contributed by atoms with E-state index in [2.05, 4.69) is 12.2 Å². The smallest absolute Gasteiger partial charge is 0.292 e. The van der Waals surface area contributed by atoms with Gasteiger partial charge in [0, 0.05) is 22.9 Å². The molecule has 0 radical (unpaired) electrons. The zero-order chi connectivity index (χ0) is 20.6. The molecule has 0 aliphatic rings. The highest BCUT2D eigenvalue weighted by molar-refractivity contribution is 6.09.